The molecule has 0 bridgehead atoms. The number of nitriles is 1. The minimum atomic E-state index is -3.16. The van der Waals surface area contributed by atoms with Crippen LogP contribution < -0.4 is 5.32 Å². The van der Waals surface area contributed by atoms with E-state index in [4.69, 9.17) is 5.26 Å². The van der Waals surface area contributed by atoms with Gasteiger partial charge in [-0.15, -0.1) is 0 Å². The molecule has 1 saturated heterocycles. The van der Waals surface area contributed by atoms with E-state index in [9.17, 15) is 8.42 Å². The maximum atomic E-state index is 11.7. The van der Waals surface area contributed by atoms with Crippen molar-refractivity contribution in [2.75, 3.05) is 24.7 Å². The van der Waals surface area contributed by atoms with Crippen molar-refractivity contribution in [3.8, 4) is 6.07 Å². The summed E-state index contributed by atoms with van der Waals surface area (Å²) in [5.41, 5.74) is 0.509. The number of nitrogens with one attached hydrogen (secondary N) is 1. The van der Waals surface area contributed by atoms with Crippen molar-refractivity contribution < 1.29 is 8.42 Å². The number of anilines is 1. The van der Waals surface area contributed by atoms with Crippen LogP contribution in [0.4, 0.5) is 5.82 Å². The summed E-state index contributed by atoms with van der Waals surface area (Å²) < 4.78 is 24.9. The van der Waals surface area contributed by atoms with Gasteiger partial charge < -0.3 is 5.32 Å². The lowest BCUT2D eigenvalue weighted by Crippen LogP contribution is -2.31. The minimum Gasteiger partial charge on any atom is -0.366 e. The molecule has 0 radical (unpaired) electrons. The predicted octanol–water partition coefficient (Wildman–Crippen LogP) is 1.43. The minimum absolute atomic E-state index is 0.0557. The van der Waals surface area contributed by atoms with Crippen LogP contribution >= 0.6 is 0 Å². The molecule has 1 fully saturated rings. The smallest absolute Gasteiger partial charge is 0.211 e. The second-order valence-corrected chi connectivity index (χ2v) is 7.41. The molecule has 21 heavy (non-hydrogen) atoms. The van der Waals surface area contributed by atoms with Crippen molar-refractivity contribution in [3.05, 3.63) is 23.9 Å². The molecule has 0 aromatic carbocycles. The summed E-state index contributed by atoms with van der Waals surface area (Å²) in [4.78, 5) is 4.19. The Balaban J connectivity index is 2.10. The number of rotatable bonds is 5. The van der Waals surface area contributed by atoms with Crippen molar-refractivity contribution in [1.29, 1.82) is 5.26 Å². The fraction of sp³-hybridized carbons (Fsp3) is 0.571. The molecule has 2 atom stereocenters. The number of nitrogens with zero attached hydrogens (tertiary/aromatic N) is 3. The summed E-state index contributed by atoms with van der Waals surface area (Å²) in [6, 6.07) is 5.54. The van der Waals surface area contributed by atoms with Gasteiger partial charge in [0.15, 0.2) is 0 Å². The van der Waals surface area contributed by atoms with E-state index in [1.807, 2.05) is 6.07 Å². The molecule has 0 unspecified atom stereocenters. The quantitative estimate of drug-likeness (QED) is 0.889. The molecule has 2 rings (SSSR count). The predicted molar refractivity (Wildman–Crippen MR) is 81.2 cm³/mol. The Morgan fingerprint density at radius 1 is 1.48 bits per heavy atom. The first kappa shape index (κ1) is 15.7. The average molecular weight is 308 g/mol. The highest BCUT2D eigenvalue weighted by Gasteiger charge is 2.36. The van der Waals surface area contributed by atoms with Crippen LogP contribution in [0.15, 0.2) is 18.3 Å². The van der Waals surface area contributed by atoms with Gasteiger partial charge in [-0.05, 0) is 24.5 Å². The molecule has 1 aromatic rings. The van der Waals surface area contributed by atoms with Gasteiger partial charge in [-0.1, -0.05) is 13.3 Å². The Morgan fingerprint density at radius 2 is 2.24 bits per heavy atom. The topological polar surface area (TPSA) is 86.1 Å². The Hall–Kier alpha value is -1.65. The van der Waals surface area contributed by atoms with Crippen molar-refractivity contribution in [1.82, 2.24) is 9.29 Å². The second-order valence-electron chi connectivity index (χ2n) is 5.42. The van der Waals surface area contributed by atoms with E-state index in [1.165, 1.54) is 16.8 Å². The van der Waals surface area contributed by atoms with Crippen LogP contribution in [0.3, 0.4) is 0 Å². The van der Waals surface area contributed by atoms with E-state index in [0.29, 0.717) is 24.5 Å². The fourth-order valence-corrected chi connectivity index (χ4v) is 3.56. The van der Waals surface area contributed by atoms with Gasteiger partial charge in [-0.3, -0.25) is 0 Å². The zero-order chi connectivity index (χ0) is 15.5. The molecular weight excluding hydrogens is 288 g/mol. The van der Waals surface area contributed by atoms with Crippen LogP contribution in [-0.2, 0) is 10.0 Å². The first-order valence-electron chi connectivity index (χ1n) is 7.02. The third-order valence-electron chi connectivity index (χ3n) is 3.76. The van der Waals surface area contributed by atoms with Crippen LogP contribution in [0.1, 0.15) is 25.3 Å². The summed E-state index contributed by atoms with van der Waals surface area (Å²) >= 11 is 0. The van der Waals surface area contributed by atoms with E-state index in [1.54, 1.807) is 12.1 Å². The first-order valence-corrected chi connectivity index (χ1v) is 8.86. The van der Waals surface area contributed by atoms with Gasteiger partial charge in [0.05, 0.1) is 11.8 Å². The lowest BCUT2D eigenvalue weighted by atomic mass is 9.98. The fourth-order valence-electron chi connectivity index (χ4n) is 2.66. The van der Waals surface area contributed by atoms with Gasteiger partial charge >= 0.3 is 0 Å². The molecule has 2 heterocycles. The Kier molecular flexibility index (Phi) is 4.80. The molecule has 6 nitrogen and oxygen atoms in total. The molecule has 7 heteroatoms. The lowest BCUT2D eigenvalue weighted by Gasteiger charge is -2.19. The Labute approximate surface area is 125 Å². The van der Waals surface area contributed by atoms with E-state index >= 15 is 0 Å². The summed E-state index contributed by atoms with van der Waals surface area (Å²) in [6.07, 6.45) is 4.75. The van der Waals surface area contributed by atoms with Gasteiger partial charge in [0, 0.05) is 25.3 Å². The largest absolute Gasteiger partial charge is 0.366 e. The van der Waals surface area contributed by atoms with E-state index in [-0.39, 0.29) is 12.0 Å². The van der Waals surface area contributed by atoms with Crippen LogP contribution in [-0.4, -0.2) is 43.1 Å². The van der Waals surface area contributed by atoms with E-state index < -0.39 is 10.0 Å². The Bertz CT molecular complexity index is 621. The lowest BCUT2D eigenvalue weighted by molar-refractivity contribution is 0.445. The van der Waals surface area contributed by atoms with Crippen molar-refractivity contribution in [2.45, 2.75) is 25.8 Å². The highest BCUT2D eigenvalue weighted by atomic mass is 32.2. The molecule has 0 spiro atoms. The molecule has 0 amide bonds. The molecular formula is C14H20N4O2S. The maximum absolute atomic E-state index is 11.7. The normalized spacial score (nSPS) is 22.9. The second kappa shape index (κ2) is 6.41. The molecule has 114 valence electrons. The maximum Gasteiger partial charge on any atom is 0.211 e. The van der Waals surface area contributed by atoms with Crippen molar-refractivity contribution in [2.24, 2.45) is 5.92 Å². The number of sulfonamides is 1. The van der Waals surface area contributed by atoms with E-state index in [2.05, 4.69) is 17.2 Å². The van der Waals surface area contributed by atoms with Crippen LogP contribution in [0.25, 0.3) is 0 Å². The van der Waals surface area contributed by atoms with E-state index in [0.717, 1.165) is 12.8 Å². The summed E-state index contributed by atoms with van der Waals surface area (Å²) in [7, 11) is -3.16. The first-order chi connectivity index (χ1) is 9.94. The molecule has 1 aromatic heterocycles. The summed E-state index contributed by atoms with van der Waals surface area (Å²) in [6.45, 7) is 3.12. The van der Waals surface area contributed by atoms with Gasteiger partial charge in [0.25, 0.3) is 0 Å². The van der Waals surface area contributed by atoms with Crippen LogP contribution in [0, 0.1) is 17.2 Å². The van der Waals surface area contributed by atoms with Gasteiger partial charge in [0.2, 0.25) is 10.0 Å². The number of hydrogen-bond donors (Lipinski definition) is 1. The molecule has 1 N–H and O–H groups in total. The van der Waals surface area contributed by atoms with Crippen LogP contribution in [0.2, 0.25) is 0 Å². The SMILES string of the molecule is CCC[C@H]1CN(S(C)(=O)=O)C[C@@H]1Nc1ccc(C#N)cn1. The zero-order valence-corrected chi connectivity index (χ0v) is 13.1. The average Bonchev–Trinajstić information content (AvgIpc) is 2.83. The highest BCUT2D eigenvalue weighted by molar-refractivity contribution is 7.88. The number of aromatic nitrogens is 1. The zero-order valence-electron chi connectivity index (χ0n) is 12.3. The Morgan fingerprint density at radius 3 is 2.76 bits per heavy atom. The molecule has 0 aliphatic carbocycles. The van der Waals surface area contributed by atoms with Gasteiger partial charge in [0.1, 0.15) is 11.9 Å². The van der Waals surface area contributed by atoms with Crippen LogP contribution in [0.5, 0.6) is 0 Å². The van der Waals surface area contributed by atoms with Crippen molar-refractivity contribution >= 4 is 15.8 Å². The number of hydrogen-bond acceptors (Lipinski definition) is 5. The standard InChI is InChI=1S/C14H20N4O2S/c1-3-4-12-9-18(21(2,19)20)10-13(12)17-14-6-5-11(7-15)8-16-14/h5-6,8,12-13H,3-4,9-10H2,1-2H3,(H,16,17)/t12-,13-/m0/s1. The third kappa shape index (κ3) is 3.93. The van der Waals surface area contributed by atoms with Gasteiger partial charge in [-0.2, -0.15) is 9.57 Å². The van der Waals surface area contributed by atoms with Gasteiger partial charge in [-0.25, -0.2) is 13.4 Å². The molecule has 0 saturated carbocycles. The summed E-state index contributed by atoms with van der Waals surface area (Å²) in [5, 5.41) is 12.1. The molecule has 1 aliphatic heterocycles. The monoisotopic (exact) mass is 308 g/mol. The van der Waals surface area contributed by atoms with Crippen molar-refractivity contribution in [3.63, 3.8) is 0 Å². The number of pyridine rings is 1. The third-order valence-corrected chi connectivity index (χ3v) is 5.00. The molecule has 1 aliphatic rings. The summed E-state index contributed by atoms with van der Waals surface area (Å²) in [5.74, 6) is 0.956. The highest BCUT2D eigenvalue weighted by Crippen LogP contribution is 2.26.